The molecule has 9 heteroatoms. The first-order valence-electron chi connectivity index (χ1n) is 9.15. The molecule has 1 aliphatic carbocycles. The second kappa shape index (κ2) is 7.67. The molecular formula is C20H18N4O4S. The smallest absolute Gasteiger partial charge is 0.269 e. The number of nitrogens with one attached hydrogen (secondary N) is 2. The molecule has 0 bridgehead atoms. The maximum Gasteiger partial charge on any atom is 0.269 e. The monoisotopic (exact) mass is 410 g/mol. The van der Waals surface area contributed by atoms with Gasteiger partial charge >= 0.3 is 0 Å². The molecule has 2 aromatic rings. The van der Waals surface area contributed by atoms with E-state index in [1.807, 2.05) is 0 Å². The van der Waals surface area contributed by atoms with Crippen LogP contribution in [0.3, 0.4) is 0 Å². The number of allylic oxidation sites excluding steroid dienone is 2. The van der Waals surface area contributed by atoms with E-state index < -0.39 is 10.8 Å². The summed E-state index contributed by atoms with van der Waals surface area (Å²) in [5, 5.41) is 14.7. The topological polar surface area (TPSA) is 118 Å². The lowest BCUT2D eigenvalue weighted by Crippen LogP contribution is -2.32. The van der Waals surface area contributed by atoms with Gasteiger partial charge in [0.1, 0.15) is 5.82 Å². The number of H-pyrrole nitrogens is 1. The Morgan fingerprint density at radius 3 is 2.72 bits per heavy atom. The molecule has 2 heterocycles. The number of aromatic amines is 1. The van der Waals surface area contributed by atoms with Crippen LogP contribution in [0.25, 0.3) is 0 Å². The summed E-state index contributed by atoms with van der Waals surface area (Å²) in [6, 6.07) is 5.98. The molecule has 1 atom stereocenters. The number of aromatic nitrogens is 2. The van der Waals surface area contributed by atoms with E-state index in [-0.39, 0.29) is 17.0 Å². The number of thioether (sulfide) groups is 1. The third-order valence-corrected chi connectivity index (χ3v) is 5.88. The molecule has 1 aromatic heterocycles. The summed E-state index contributed by atoms with van der Waals surface area (Å²) in [4.78, 5) is 43.6. The second-order valence-corrected chi connectivity index (χ2v) is 7.82. The maximum absolute atomic E-state index is 13.0. The van der Waals surface area contributed by atoms with E-state index in [1.165, 1.54) is 23.9 Å². The quantitative estimate of drug-likeness (QED) is 0.254. The van der Waals surface area contributed by atoms with Crippen LogP contribution in [0.4, 0.5) is 11.5 Å². The summed E-state index contributed by atoms with van der Waals surface area (Å²) in [5.41, 5.74) is 1.96. The highest BCUT2D eigenvalue weighted by molar-refractivity contribution is 7.99. The fourth-order valence-electron chi connectivity index (χ4n) is 3.77. The van der Waals surface area contributed by atoms with Crippen molar-refractivity contribution in [2.45, 2.75) is 30.3 Å². The SMILES string of the molecule is C=CCSc1nc2c(c(=O)[nH]1)[C@H](c1ccc([N+](=O)[O-])cc1)C1=C(CCCC1=O)N2. The number of nitro benzene ring substituents is 1. The van der Waals surface area contributed by atoms with Gasteiger partial charge in [-0.05, 0) is 18.4 Å². The van der Waals surface area contributed by atoms with Gasteiger partial charge in [-0.1, -0.05) is 30.0 Å². The first-order chi connectivity index (χ1) is 14.0. The number of rotatable bonds is 5. The van der Waals surface area contributed by atoms with Crippen molar-refractivity contribution >= 4 is 29.1 Å². The van der Waals surface area contributed by atoms with E-state index in [0.717, 1.165) is 12.1 Å². The zero-order chi connectivity index (χ0) is 20.5. The Kier molecular flexibility index (Phi) is 5.06. The van der Waals surface area contributed by atoms with Crippen molar-refractivity contribution in [2.24, 2.45) is 0 Å². The van der Waals surface area contributed by atoms with Crippen molar-refractivity contribution in [1.82, 2.24) is 9.97 Å². The number of carbonyl (C=O) groups is 1. The van der Waals surface area contributed by atoms with Crippen LogP contribution in [0.15, 0.2) is 58.1 Å². The Morgan fingerprint density at radius 1 is 1.28 bits per heavy atom. The lowest BCUT2D eigenvalue weighted by Gasteiger charge is -2.32. The number of hydrogen-bond acceptors (Lipinski definition) is 7. The highest BCUT2D eigenvalue weighted by atomic mass is 32.2. The molecule has 0 fully saturated rings. The number of non-ortho nitro benzene ring substituents is 1. The lowest BCUT2D eigenvalue weighted by molar-refractivity contribution is -0.384. The molecule has 0 spiro atoms. The molecule has 2 N–H and O–H groups in total. The molecule has 2 aliphatic rings. The van der Waals surface area contributed by atoms with Crippen molar-refractivity contribution in [3.63, 3.8) is 0 Å². The normalized spacial score (nSPS) is 17.9. The van der Waals surface area contributed by atoms with Gasteiger partial charge in [0.15, 0.2) is 10.9 Å². The van der Waals surface area contributed by atoms with Crippen molar-refractivity contribution in [3.8, 4) is 0 Å². The van der Waals surface area contributed by atoms with Crippen LogP contribution in [0.5, 0.6) is 0 Å². The minimum absolute atomic E-state index is 0.0164. The average molecular weight is 410 g/mol. The summed E-state index contributed by atoms with van der Waals surface area (Å²) in [6.45, 7) is 3.67. The van der Waals surface area contributed by atoms with Gasteiger partial charge in [0.05, 0.1) is 10.5 Å². The maximum atomic E-state index is 13.0. The number of nitro groups is 1. The van der Waals surface area contributed by atoms with Crippen LogP contribution in [0.1, 0.15) is 36.3 Å². The standard InChI is InChI=1S/C20H18N4O4S/c1-2-10-29-20-22-18-17(19(26)23-20)15(11-6-8-12(9-7-11)24(27)28)16-13(21-18)4-3-5-14(16)25/h2,6-9,15H,1,3-5,10H2,(H2,21,22,23,26)/t15-/m1/s1. The first-order valence-corrected chi connectivity index (χ1v) is 10.1. The number of Topliss-reactive ketones (excluding diaryl/α,β-unsaturated/α-hetero) is 1. The van der Waals surface area contributed by atoms with Crippen molar-refractivity contribution in [1.29, 1.82) is 0 Å². The number of anilines is 1. The van der Waals surface area contributed by atoms with Gasteiger partial charge < -0.3 is 10.3 Å². The van der Waals surface area contributed by atoms with Crippen LogP contribution < -0.4 is 10.9 Å². The number of fused-ring (bicyclic) bond motifs is 1. The zero-order valence-electron chi connectivity index (χ0n) is 15.4. The third kappa shape index (κ3) is 3.49. The zero-order valence-corrected chi connectivity index (χ0v) is 16.3. The molecule has 0 unspecified atom stereocenters. The van der Waals surface area contributed by atoms with Gasteiger partial charge in [0.2, 0.25) is 0 Å². The fourth-order valence-corrected chi connectivity index (χ4v) is 4.36. The molecule has 0 saturated carbocycles. The van der Waals surface area contributed by atoms with Gasteiger partial charge in [-0.2, -0.15) is 0 Å². The summed E-state index contributed by atoms with van der Waals surface area (Å²) in [6.07, 6.45) is 3.55. The molecule has 29 heavy (non-hydrogen) atoms. The van der Waals surface area contributed by atoms with Crippen LogP contribution in [-0.4, -0.2) is 26.4 Å². The Balaban J connectivity index is 1.88. The predicted octanol–water partition coefficient (Wildman–Crippen LogP) is 3.52. The number of ketones is 1. The lowest BCUT2D eigenvalue weighted by atomic mass is 9.76. The van der Waals surface area contributed by atoms with E-state index in [4.69, 9.17) is 0 Å². The van der Waals surface area contributed by atoms with Gasteiger partial charge in [0, 0.05) is 41.5 Å². The Hall–Kier alpha value is -3.20. The third-order valence-electron chi connectivity index (χ3n) is 5.01. The molecule has 148 valence electrons. The molecule has 4 rings (SSSR count). The van der Waals surface area contributed by atoms with Crippen molar-refractivity contribution in [2.75, 3.05) is 11.1 Å². The molecule has 0 saturated heterocycles. The fraction of sp³-hybridized carbons (Fsp3) is 0.250. The van der Waals surface area contributed by atoms with E-state index in [9.17, 15) is 19.7 Å². The number of benzene rings is 1. The minimum atomic E-state index is -0.607. The molecule has 1 aliphatic heterocycles. The Morgan fingerprint density at radius 2 is 2.03 bits per heavy atom. The first kappa shape index (κ1) is 19.1. The van der Waals surface area contributed by atoms with E-state index in [0.29, 0.717) is 46.3 Å². The summed E-state index contributed by atoms with van der Waals surface area (Å²) in [7, 11) is 0. The Bertz CT molecular complexity index is 1100. The van der Waals surface area contributed by atoms with E-state index >= 15 is 0 Å². The van der Waals surface area contributed by atoms with Crippen LogP contribution in [0.2, 0.25) is 0 Å². The van der Waals surface area contributed by atoms with Crippen molar-refractivity contribution < 1.29 is 9.72 Å². The predicted molar refractivity (Wildman–Crippen MR) is 110 cm³/mol. The summed E-state index contributed by atoms with van der Waals surface area (Å²) >= 11 is 1.36. The number of nitrogens with zero attached hydrogens (tertiary/aromatic N) is 2. The van der Waals surface area contributed by atoms with Crippen LogP contribution in [0, 0.1) is 10.1 Å². The van der Waals surface area contributed by atoms with Gasteiger partial charge in [0.25, 0.3) is 11.2 Å². The summed E-state index contributed by atoms with van der Waals surface area (Å²) in [5.74, 6) is 0.402. The Labute approximate surface area is 170 Å². The van der Waals surface area contributed by atoms with Crippen LogP contribution >= 0.6 is 11.8 Å². The van der Waals surface area contributed by atoms with Gasteiger partial charge in [-0.15, -0.1) is 6.58 Å². The van der Waals surface area contributed by atoms with Gasteiger partial charge in [-0.25, -0.2) is 4.98 Å². The largest absolute Gasteiger partial charge is 0.343 e. The number of carbonyl (C=O) groups excluding carboxylic acids is 1. The minimum Gasteiger partial charge on any atom is -0.343 e. The molecule has 8 nitrogen and oxygen atoms in total. The van der Waals surface area contributed by atoms with E-state index in [2.05, 4.69) is 21.9 Å². The highest BCUT2D eigenvalue weighted by Gasteiger charge is 2.37. The summed E-state index contributed by atoms with van der Waals surface area (Å²) < 4.78 is 0. The molecule has 0 radical (unpaired) electrons. The highest BCUT2D eigenvalue weighted by Crippen LogP contribution is 2.43. The van der Waals surface area contributed by atoms with Gasteiger partial charge in [-0.3, -0.25) is 19.7 Å². The van der Waals surface area contributed by atoms with Crippen LogP contribution in [-0.2, 0) is 4.79 Å². The molecular weight excluding hydrogens is 392 g/mol. The molecule has 1 aromatic carbocycles. The van der Waals surface area contributed by atoms with Crippen molar-refractivity contribution in [3.05, 3.63) is 79.8 Å². The van der Waals surface area contributed by atoms with E-state index in [1.54, 1.807) is 18.2 Å². The average Bonchev–Trinajstić information content (AvgIpc) is 2.71. The number of hydrogen-bond donors (Lipinski definition) is 2. The second-order valence-electron chi connectivity index (χ2n) is 6.81. The molecule has 0 amide bonds.